The van der Waals surface area contributed by atoms with Crippen molar-refractivity contribution in [3.8, 4) is 0 Å². The van der Waals surface area contributed by atoms with Gasteiger partial charge in [-0.1, -0.05) is 13.2 Å². The van der Waals surface area contributed by atoms with Crippen molar-refractivity contribution in [3.05, 3.63) is 28.5 Å². The van der Waals surface area contributed by atoms with Crippen molar-refractivity contribution in [1.29, 1.82) is 0 Å². The van der Waals surface area contributed by atoms with Gasteiger partial charge in [0, 0.05) is 23.5 Å². The predicted octanol–water partition coefficient (Wildman–Crippen LogP) is 0.720. The van der Waals surface area contributed by atoms with E-state index in [1.54, 1.807) is 17.7 Å². The maximum absolute atomic E-state index is 13.5. The lowest BCUT2D eigenvalue weighted by atomic mass is 10.2. The van der Waals surface area contributed by atoms with Crippen molar-refractivity contribution in [2.75, 3.05) is 5.73 Å². The molecule has 0 aliphatic carbocycles. The van der Waals surface area contributed by atoms with E-state index in [2.05, 4.69) is 13.2 Å². The Morgan fingerprint density at radius 3 is 2.64 bits per heavy atom. The molecule has 2 aromatic rings. The van der Waals surface area contributed by atoms with Gasteiger partial charge in [-0.15, -0.1) is 0 Å². The zero-order chi connectivity index (χ0) is 10.5. The summed E-state index contributed by atoms with van der Waals surface area (Å²) >= 11 is 0. The summed E-state index contributed by atoms with van der Waals surface area (Å²) in [6.45, 7) is 7.67. The Balaban J connectivity index is 3.18. The highest BCUT2D eigenvalue weighted by Crippen LogP contribution is 2.16. The molecule has 0 saturated carbocycles. The normalized spacial score (nSPS) is 11.0. The van der Waals surface area contributed by atoms with Crippen LogP contribution in [0.5, 0.6) is 0 Å². The third kappa shape index (κ3) is 0.954. The lowest BCUT2D eigenvalue weighted by Crippen LogP contribution is -2.24. The lowest BCUT2D eigenvalue weighted by molar-refractivity contribution is 0.631. The third-order valence-electron chi connectivity index (χ3n) is 2.50. The fourth-order valence-electron chi connectivity index (χ4n) is 1.68. The van der Waals surface area contributed by atoms with Gasteiger partial charge < -0.3 is 10.3 Å². The number of aromatic nitrogens is 1. The van der Waals surface area contributed by atoms with E-state index in [-0.39, 0.29) is 5.82 Å². The predicted molar refractivity (Wildman–Crippen MR) is 57.6 cm³/mol. The first-order valence-electron chi connectivity index (χ1n) is 4.23. The quantitative estimate of drug-likeness (QED) is 0.610. The fraction of sp³-hybridized carbons (Fsp3) is 0.0909. The second kappa shape index (κ2) is 2.61. The highest BCUT2D eigenvalue weighted by molar-refractivity contribution is 5.84. The Hall–Kier alpha value is -1.77. The molecule has 2 N–H and O–H groups in total. The van der Waals surface area contributed by atoms with Crippen LogP contribution in [0.1, 0.15) is 0 Å². The van der Waals surface area contributed by atoms with Gasteiger partial charge in [-0.2, -0.15) is 0 Å². The fourth-order valence-corrected chi connectivity index (χ4v) is 1.68. The minimum Gasteiger partial charge on any atom is -0.399 e. The van der Waals surface area contributed by atoms with E-state index in [1.165, 1.54) is 6.07 Å². The number of rotatable bonds is 0. The third-order valence-corrected chi connectivity index (χ3v) is 2.50. The maximum atomic E-state index is 13.5. The first-order chi connectivity index (χ1) is 6.52. The molecule has 0 amide bonds. The number of fused-ring (bicyclic) bond motifs is 1. The SMILES string of the molecule is C=c1c(=C)n(C)c2c(F)cc(N)cc12. The number of hydrogen-bond donors (Lipinski definition) is 1. The van der Waals surface area contributed by atoms with Crippen LogP contribution in [0.2, 0.25) is 0 Å². The van der Waals surface area contributed by atoms with E-state index < -0.39 is 0 Å². The Morgan fingerprint density at radius 1 is 1.36 bits per heavy atom. The number of aryl methyl sites for hydroxylation is 1. The van der Waals surface area contributed by atoms with Gasteiger partial charge in [0.15, 0.2) is 0 Å². The van der Waals surface area contributed by atoms with Crippen molar-refractivity contribution in [3.63, 3.8) is 0 Å². The van der Waals surface area contributed by atoms with Gasteiger partial charge in [-0.25, -0.2) is 4.39 Å². The average Bonchev–Trinajstić information content (AvgIpc) is 2.31. The molecule has 0 fully saturated rings. The summed E-state index contributed by atoms with van der Waals surface area (Å²) in [6, 6.07) is 3.02. The Labute approximate surface area is 80.8 Å². The molecule has 3 heteroatoms. The first kappa shape index (κ1) is 8.81. The van der Waals surface area contributed by atoms with Crippen LogP contribution >= 0.6 is 0 Å². The molecular weight excluding hydrogens is 179 g/mol. The van der Waals surface area contributed by atoms with Crippen molar-refractivity contribution >= 4 is 29.7 Å². The summed E-state index contributed by atoms with van der Waals surface area (Å²) in [4.78, 5) is 0. The molecule has 1 aromatic carbocycles. The highest BCUT2D eigenvalue weighted by atomic mass is 19.1. The minimum absolute atomic E-state index is 0.331. The number of halogens is 1. The van der Waals surface area contributed by atoms with E-state index in [0.717, 1.165) is 10.6 Å². The molecule has 1 aromatic heterocycles. The van der Waals surface area contributed by atoms with Crippen LogP contribution in [0.4, 0.5) is 10.1 Å². The van der Waals surface area contributed by atoms with E-state index in [9.17, 15) is 4.39 Å². The van der Waals surface area contributed by atoms with Crippen molar-refractivity contribution < 1.29 is 4.39 Å². The van der Waals surface area contributed by atoms with Crippen LogP contribution in [-0.4, -0.2) is 4.57 Å². The van der Waals surface area contributed by atoms with Crippen LogP contribution in [-0.2, 0) is 7.05 Å². The molecule has 2 nitrogen and oxygen atoms in total. The molecule has 0 unspecified atom stereocenters. The first-order valence-corrected chi connectivity index (χ1v) is 4.23. The molecule has 2 rings (SSSR count). The minimum atomic E-state index is -0.331. The Bertz CT molecular complexity index is 610. The van der Waals surface area contributed by atoms with E-state index in [0.29, 0.717) is 16.6 Å². The van der Waals surface area contributed by atoms with Crippen LogP contribution in [0.15, 0.2) is 12.1 Å². The van der Waals surface area contributed by atoms with Gasteiger partial charge in [-0.3, -0.25) is 0 Å². The molecule has 14 heavy (non-hydrogen) atoms. The summed E-state index contributed by atoms with van der Waals surface area (Å²) in [6.07, 6.45) is 0. The van der Waals surface area contributed by atoms with Crippen LogP contribution in [0.3, 0.4) is 0 Å². The van der Waals surface area contributed by atoms with Gasteiger partial charge in [0.2, 0.25) is 0 Å². The van der Waals surface area contributed by atoms with Crippen LogP contribution in [0, 0.1) is 5.82 Å². The molecule has 0 bridgehead atoms. The monoisotopic (exact) mass is 190 g/mol. The number of anilines is 1. The zero-order valence-corrected chi connectivity index (χ0v) is 7.97. The van der Waals surface area contributed by atoms with E-state index in [4.69, 9.17) is 5.73 Å². The number of benzene rings is 1. The highest BCUT2D eigenvalue weighted by Gasteiger charge is 2.08. The summed E-state index contributed by atoms with van der Waals surface area (Å²) in [5.41, 5.74) is 6.47. The van der Waals surface area contributed by atoms with Crippen molar-refractivity contribution in [1.82, 2.24) is 4.57 Å². The average molecular weight is 190 g/mol. The Morgan fingerprint density at radius 2 is 2.00 bits per heavy atom. The number of nitrogen functional groups attached to an aromatic ring is 1. The van der Waals surface area contributed by atoms with E-state index >= 15 is 0 Å². The number of nitrogens with two attached hydrogens (primary N) is 1. The van der Waals surface area contributed by atoms with Gasteiger partial charge in [0.25, 0.3) is 0 Å². The summed E-state index contributed by atoms with van der Waals surface area (Å²) in [5.74, 6) is -0.331. The Kier molecular flexibility index (Phi) is 1.64. The molecule has 0 atom stereocenters. The van der Waals surface area contributed by atoms with Gasteiger partial charge >= 0.3 is 0 Å². The van der Waals surface area contributed by atoms with Gasteiger partial charge in [0.1, 0.15) is 5.82 Å². The zero-order valence-electron chi connectivity index (χ0n) is 7.97. The number of nitrogens with zero attached hydrogens (tertiary/aromatic N) is 1. The molecule has 0 spiro atoms. The molecule has 1 heterocycles. The molecule has 0 radical (unpaired) electrons. The summed E-state index contributed by atoms with van der Waals surface area (Å²) < 4.78 is 15.2. The summed E-state index contributed by atoms with van der Waals surface area (Å²) in [5, 5.41) is 2.17. The lowest BCUT2D eigenvalue weighted by Gasteiger charge is -1.99. The molecule has 72 valence electrons. The molecular formula is C11H11FN2. The maximum Gasteiger partial charge on any atom is 0.149 e. The molecule has 0 saturated heterocycles. The smallest absolute Gasteiger partial charge is 0.149 e. The largest absolute Gasteiger partial charge is 0.399 e. The van der Waals surface area contributed by atoms with Crippen LogP contribution < -0.4 is 16.3 Å². The standard InChI is InChI=1S/C11H11FN2/c1-6-7(2)14(3)11-9(6)4-8(13)5-10(11)12/h4-5H,1-2,13H2,3H3. The van der Waals surface area contributed by atoms with Crippen LogP contribution in [0.25, 0.3) is 24.1 Å². The second-order valence-electron chi connectivity index (χ2n) is 3.38. The number of hydrogen-bond acceptors (Lipinski definition) is 1. The molecule has 0 aliphatic rings. The topological polar surface area (TPSA) is 30.9 Å². The van der Waals surface area contributed by atoms with E-state index in [1.807, 2.05) is 0 Å². The van der Waals surface area contributed by atoms with Gasteiger partial charge in [-0.05, 0) is 17.4 Å². The summed E-state index contributed by atoms with van der Waals surface area (Å²) in [7, 11) is 1.76. The van der Waals surface area contributed by atoms with Gasteiger partial charge in [0.05, 0.1) is 5.52 Å². The van der Waals surface area contributed by atoms with Crippen molar-refractivity contribution in [2.45, 2.75) is 0 Å². The molecule has 0 aliphatic heterocycles. The van der Waals surface area contributed by atoms with Crippen molar-refractivity contribution in [2.24, 2.45) is 7.05 Å². The second-order valence-corrected chi connectivity index (χ2v) is 3.38.